The van der Waals surface area contributed by atoms with Gasteiger partial charge in [0.05, 0.1) is 0 Å². The first-order valence-electron chi connectivity index (χ1n) is 16.8. The third-order valence-electron chi connectivity index (χ3n) is 8.51. The molecule has 0 saturated carbocycles. The number of hydrogen-bond acceptors (Lipinski definition) is 4. The molecule has 0 heterocycles. The molecule has 0 saturated heterocycles. The van der Waals surface area contributed by atoms with E-state index >= 15 is 0 Å². The Morgan fingerprint density at radius 3 is 1.25 bits per heavy atom. The van der Waals surface area contributed by atoms with Gasteiger partial charge in [-0.2, -0.15) is 0 Å². The number of benzene rings is 5. The monoisotopic (exact) mass is 632 g/mol. The van der Waals surface area contributed by atoms with Crippen LogP contribution in [0.5, 0.6) is 0 Å². The van der Waals surface area contributed by atoms with Crippen molar-refractivity contribution in [2.24, 2.45) is 0 Å². The van der Waals surface area contributed by atoms with Gasteiger partial charge in [0, 0.05) is 46.7 Å². The molecule has 4 heteroatoms. The lowest BCUT2D eigenvalue weighted by Crippen LogP contribution is -2.02. The molecule has 0 radical (unpaired) electrons. The summed E-state index contributed by atoms with van der Waals surface area (Å²) in [6.45, 7) is 8.33. The summed E-state index contributed by atoms with van der Waals surface area (Å²) in [5.74, 6) is 0.346. The van der Waals surface area contributed by atoms with E-state index in [0.717, 1.165) is 83.5 Å². The van der Waals surface area contributed by atoms with Crippen LogP contribution in [0.4, 0.5) is 11.4 Å². The summed E-state index contributed by atoms with van der Waals surface area (Å²) in [7, 11) is 0. The molecule has 2 N–H and O–H groups in total. The fourth-order valence-corrected chi connectivity index (χ4v) is 5.65. The Hall–Kier alpha value is -5.48. The molecule has 0 aliphatic heterocycles. The Labute approximate surface area is 285 Å². The van der Waals surface area contributed by atoms with Crippen molar-refractivity contribution >= 4 is 34.3 Å². The summed E-state index contributed by atoms with van der Waals surface area (Å²) in [5, 5.41) is 6.68. The fourth-order valence-electron chi connectivity index (χ4n) is 5.65. The number of nitrogens with one attached hydrogen (secondary N) is 2. The zero-order chi connectivity index (χ0) is 33.6. The number of ketones is 2. The fraction of sp³-hybridized carbons (Fsp3) is 0.182. The van der Waals surface area contributed by atoms with Crippen molar-refractivity contribution in [2.45, 2.75) is 51.4 Å². The number of anilines is 2. The molecule has 242 valence electrons. The third kappa shape index (κ3) is 10.3. The molecule has 0 spiro atoms. The van der Waals surface area contributed by atoms with Gasteiger partial charge in [0.2, 0.25) is 0 Å². The number of carbonyl (C=O) groups excluding carboxylic acids is 2. The van der Waals surface area contributed by atoms with Crippen molar-refractivity contribution < 1.29 is 9.59 Å². The van der Waals surface area contributed by atoms with Gasteiger partial charge < -0.3 is 10.6 Å². The SMILES string of the molecule is C=C(Nc1ccccc1)c1ccc(C(=O)CCCCc2ccc(NC(=C)c3ccc(C(=O)CCCCc4ccccc4)cc3)cc2)cc1. The number of hydrogen-bond donors (Lipinski definition) is 2. The summed E-state index contributed by atoms with van der Waals surface area (Å²) in [4.78, 5) is 25.4. The Morgan fingerprint density at radius 1 is 0.417 bits per heavy atom. The molecule has 5 aromatic rings. The van der Waals surface area contributed by atoms with Gasteiger partial charge in [-0.15, -0.1) is 0 Å². The molecule has 0 aliphatic carbocycles. The highest BCUT2D eigenvalue weighted by molar-refractivity contribution is 5.97. The number of para-hydroxylation sites is 1. The highest BCUT2D eigenvalue weighted by Gasteiger charge is 2.09. The van der Waals surface area contributed by atoms with Crippen LogP contribution in [0.25, 0.3) is 11.4 Å². The van der Waals surface area contributed by atoms with E-state index in [-0.39, 0.29) is 11.6 Å². The molecule has 0 amide bonds. The van der Waals surface area contributed by atoms with E-state index in [4.69, 9.17) is 0 Å². The quantitative estimate of drug-likeness (QED) is 0.0745. The smallest absolute Gasteiger partial charge is 0.162 e. The van der Waals surface area contributed by atoms with Crippen molar-refractivity contribution in [3.05, 3.63) is 180 Å². The van der Waals surface area contributed by atoms with E-state index in [1.54, 1.807) is 0 Å². The number of unbranched alkanes of at least 4 members (excludes halogenated alkanes) is 2. The predicted molar refractivity (Wildman–Crippen MR) is 201 cm³/mol. The van der Waals surface area contributed by atoms with Gasteiger partial charge in [-0.05, 0) is 85.0 Å². The first-order chi connectivity index (χ1) is 23.4. The van der Waals surface area contributed by atoms with E-state index in [2.05, 4.69) is 72.3 Å². The van der Waals surface area contributed by atoms with Crippen LogP contribution in [0.2, 0.25) is 0 Å². The summed E-state index contributed by atoms with van der Waals surface area (Å²) >= 11 is 0. The second kappa shape index (κ2) is 17.4. The largest absolute Gasteiger partial charge is 0.356 e. The maximum Gasteiger partial charge on any atom is 0.162 e. The lowest BCUT2D eigenvalue weighted by atomic mass is 10.0. The number of Topliss-reactive ketones (excluding diaryl/α,β-unsaturated/α-hetero) is 2. The van der Waals surface area contributed by atoms with Gasteiger partial charge in [0.1, 0.15) is 0 Å². The van der Waals surface area contributed by atoms with E-state index in [1.807, 2.05) is 84.9 Å². The molecule has 0 atom stereocenters. The van der Waals surface area contributed by atoms with Gasteiger partial charge in [-0.25, -0.2) is 0 Å². The van der Waals surface area contributed by atoms with Crippen LogP contribution in [0.15, 0.2) is 147 Å². The van der Waals surface area contributed by atoms with Gasteiger partial charge in [-0.3, -0.25) is 9.59 Å². The lowest BCUT2D eigenvalue weighted by Gasteiger charge is -2.11. The van der Waals surface area contributed by atoms with Crippen molar-refractivity contribution in [2.75, 3.05) is 10.6 Å². The Balaban J connectivity index is 0.992. The standard InChI is InChI=1S/C44H44N2O2/c1-33(45-41-17-7-4-8-18-41)37-23-27-39(28-24-37)44(48)20-12-10-16-36-21-31-42(32-22-36)46-34(2)38-25-29-40(30-26-38)43(47)19-11-9-15-35-13-5-3-6-14-35/h3-8,13-14,17-18,21-32,45-46H,1-2,9-12,15-16,19-20H2. The van der Waals surface area contributed by atoms with Crippen LogP contribution < -0.4 is 10.6 Å². The summed E-state index contributed by atoms with van der Waals surface area (Å²) in [5.41, 5.74) is 9.47. The minimum atomic E-state index is 0.164. The second-order valence-electron chi connectivity index (χ2n) is 12.2. The van der Waals surface area contributed by atoms with E-state index in [9.17, 15) is 9.59 Å². The highest BCUT2D eigenvalue weighted by atomic mass is 16.1. The predicted octanol–water partition coefficient (Wildman–Crippen LogP) is 11.0. The molecule has 0 aromatic heterocycles. The molecule has 5 rings (SSSR count). The zero-order valence-corrected chi connectivity index (χ0v) is 27.6. The summed E-state index contributed by atoms with van der Waals surface area (Å²) in [6.07, 6.45) is 6.69. The molecular weight excluding hydrogens is 588 g/mol. The molecule has 4 nitrogen and oxygen atoms in total. The minimum absolute atomic E-state index is 0.164. The van der Waals surface area contributed by atoms with Crippen LogP contribution >= 0.6 is 0 Å². The third-order valence-corrected chi connectivity index (χ3v) is 8.51. The minimum Gasteiger partial charge on any atom is -0.356 e. The molecule has 5 aromatic carbocycles. The van der Waals surface area contributed by atoms with Crippen LogP contribution in [-0.4, -0.2) is 11.6 Å². The van der Waals surface area contributed by atoms with Crippen LogP contribution in [0.3, 0.4) is 0 Å². The number of carbonyl (C=O) groups is 2. The van der Waals surface area contributed by atoms with Gasteiger partial charge in [-0.1, -0.05) is 122 Å². The first-order valence-corrected chi connectivity index (χ1v) is 16.8. The highest BCUT2D eigenvalue weighted by Crippen LogP contribution is 2.21. The van der Waals surface area contributed by atoms with Gasteiger partial charge in [0.25, 0.3) is 0 Å². The van der Waals surface area contributed by atoms with Crippen LogP contribution in [-0.2, 0) is 12.8 Å². The molecule has 48 heavy (non-hydrogen) atoms. The number of aryl methyl sites for hydroxylation is 2. The average molecular weight is 633 g/mol. The maximum absolute atomic E-state index is 12.8. The Kier molecular flexibility index (Phi) is 12.3. The lowest BCUT2D eigenvalue weighted by molar-refractivity contribution is 0.0971. The topological polar surface area (TPSA) is 58.2 Å². The van der Waals surface area contributed by atoms with Crippen LogP contribution in [0.1, 0.15) is 81.5 Å². The van der Waals surface area contributed by atoms with Crippen molar-refractivity contribution in [1.29, 1.82) is 0 Å². The molecule has 0 bridgehead atoms. The average Bonchev–Trinajstić information content (AvgIpc) is 3.13. The number of rotatable bonds is 18. The Morgan fingerprint density at radius 2 is 0.792 bits per heavy atom. The summed E-state index contributed by atoms with van der Waals surface area (Å²) in [6, 6.07) is 44.0. The zero-order valence-electron chi connectivity index (χ0n) is 27.6. The molecular formula is C44H44N2O2. The second-order valence-corrected chi connectivity index (χ2v) is 12.2. The molecule has 0 fully saturated rings. The molecule has 0 aliphatic rings. The van der Waals surface area contributed by atoms with E-state index < -0.39 is 0 Å². The van der Waals surface area contributed by atoms with Crippen molar-refractivity contribution in [3.63, 3.8) is 0 Å². The van der Waals surface area contributed by atoms with Gasteiger partial charge >= 0.3 is 0 Å². The van der Waals surface area contributed by atoms with Crippen LogP contribution in [0, 0.1) is 0 Å². The summed E-state index contributed by atoms with van der Waals surface area (Å²) < 4.78 is 0. The first kappa shape index (κ1) is 33.9. The van der Waals surface area contributed by atoms with Crippen molar-refractivity contribution in [1.82, 2.24) is 0 Å². The van der Waals surface area contributed by atoms with Gasteiger partial charge in [0.15, 0.2) is 11.6 Å². The maximum atomic E-state index is 12.8. The van der Waals surface area contributed by atoms with E-state index in [1.165, 1.54) is 11.1 Å². The Bertz CT molecular complexity index is 1790. The van der Waals surface area contributed by atoms with Crippen molar-refractivity contribution in [3.8, 4) is 0 Å². The molecule has 0 unspecified atom stereocenters. The van der Waals surface area contributed by atoms with E-state index in [0.29, 0.717) is 12.8 Å². The normalized spacial score (nSPS) is 10.7.